The molecule has 0 spiro atoms. The van der Waals surface area contributed by atoms with Gasteiger partial charge in [-0.25, -0.2) is 4.98 Å². The molecule has 0 bridgehead atoms. The number of rotatable bonds is 7. The number of ether oxygens (including phenoxy) is 2. The van der Waals surface area contributed by atoms with Gasteiger partial charge in [0.2, 0.25) is 0 Å². The number of hydrogen-bond acceptors (Lipinski definition) is 6. The van der Waals surface area contributed by atoms with Crippen molar-refractivity contribution in [1.29, 1.82) is 5.26 Å². The van der Waals surface area contributed by atoms with Crippen molar-refractivity contribution >= 4 is 10.9 Å². The third-order valence-electron chi connectivity index (χ3n) is 7.72. The van der Waals surface area contributed by atoms with Crippen LogP contribution in [0.25, 0.3) is 33.5 Å². The van der Waals surface area contributed by atoms with Crippen LogP contribution in [0.2, 0.25) is 0 Å². The molecule has 1 saturated heterocycles. The highest BCUT2D eigenvalue weighted by molar-refractivity contribution is 5.94. The Bertz CT molecular complexity index is 1590. The molecule has 2 aliphatic rings. The van der Waals surface area contributed by atoms with E-state index in [1.54, 1.807) is 11.7 Å². The summed E-state index contributed by atoms with van der Waals surface area (Å²) >= 11 is 0. The zero-order valence-corrected chi connectivity index (χ0v) is 21.9. The predicted molar refractivity (Wildman–Crippen MR) is 140 cm³/mol. The van der Waals surface area contributed by atoms with E-state index in [-0.39, 0.29) is 23.0 Å². The van der Waals surface area contributed by atoms with E-state index in [1.807, 2.05) is 35.0 Å². The smallest absolute Gasteiger partial charge is 0.405 e. The van der Waals surface area contributed by atoms with Crippen LogP contribution in [0.4, 0.5) is 13.2 Å². The van der Waals surface area contributed by atoms with Crippen LogP contribution in [-0.4, -0.2) is 50.1 Å². The number of nitrogens with zero attached hydrogens (tertiary/aromatic N) is 5. The molecule has 2 aromatic carbocycles. The summed E-state index contributed by atoms with van der Waals surface area (Å²) in [5.74, 6) is 0.231. The van der Waals surface area contributed by atoms with Crippen LogP contribution in [0.1, 0.15) is 42.9 Å². The van der Waals surface area contributed by atoms with Crippen molar-refractivity contribution in [2.45, 2.75) is 50.6 Å². The molecule has 1 atom stereocenters. The van der Waals surface area contributed by atoms with E-state index in [0.29, 0.717) is 31.3 Å². The van der Waals surface area contributed by atoms with Crippen molar-refractivity contribution in [2.75, 3.05) is 13.2 Å². The first kappa shape index (κ1) is 26.3. The number of alkyl halides is 3. The van der Waals surface area contributed by atoms with E-state index in [9.17, 15) is 23.5 Å². The van der Waals surface area contributed by atoms with Crippen molar-refractivity contribution in [3.63, 3.8) is 0 Å². The first-order valence-corrected chi connectivity index (χ1v) is 13.3. The van der Waals surface area contributed by atoms with Gasteiger partial charge in [-0.3, -0.25) is 4.68 Å². The number of fused-ring (bicyclic) bond motifs is 1. The zero-order chi connectivity index (χ0) is 28.0. The summed E-state index contributed by atoms with van der Waals surface area (Å²) in [6.45, 7) is 1.65. The normalized spacial score (nSPS) is 17.2. The van der Waals surface area contributed by atoms with Gasteiger partial charge in [0.1, 0.15) is 11.6 Å². The Labute approximate surface area is 228 Å². The third-order valence-corrected chi connectivity index (χ3v) is 7.72. The molecule has 4 aromatic rings. The van der Waals surface area contributed by atoms with Crippen LogP contribution in [0.5, 0.6) is 5.75 Å². The predicted octanol–water partition coefficient (Wildman–Crippen LogP) is 5.54. The van der Waals surface area contributed by atoms with Gasteiger partial charge < -0.3 is 19.1 Å². The second kappa shape index (κ2) is 10.3. The summed E-state index contributed by atoms with van der Waals surface area (Å²) in [4.78, 5) is 4.88. The molecular formula is C29H28F3N5O3. The fourth-order valence-electron chi connectivity index (χ4n) is 5.59. The fraction of sp³-hybridized carbons (Fsp3) is 0.414. The summed E-state index contributed by atoms with van der Waals surface area (Å²) in [5, 5.41) is 25.6. The zero-order valence-electron chi connectivity index (χ0n) is 21.9. The number of imidazole rings is 1. The van der Waals surface area contributed by atoms with Crippen LogP contribution < -0.4 is 4.74 Å². The molecule has 11 heteroatoms. The standard InChI is InChI=1S/C29H28F3N5O3/c1-36-27(19-6-7-19)26(34-28(36)21-8-5-17(14-33)13-25(21)40-29(30,31)32)20-3-2-4-23-22(20)15-37(35-23)16-24(38)18-9-11-39-12-10-18/h2-5,8,13,15,18-19,24,38H,6-7,9-12,16H2,1H3. The Kier molecular flexibility index (Phi) is 6.76. The highest BCUT2D eigenvalue weighted by atomic mass is 19.4. The largest absolute Gasteiger partial charge is 0.573 e. The van der Waals surface area contributed by atoms with E-state index in [1.165, 1.54) is 12.1 Å². The van der Waals surface area contributed by atoms with Crippen molar-refractivity contribution in [2.24, 2.45) is 13.0 Å². The second-order valence-electron chi connectivity index (χ2n) is 10.5. The van der Waals surface area contributed by atoms with Gasteiger partial charge in [-0.15, -0.1) is 13.2 Å². The van der Waals surface area contributed by atoms with Gasteiger partial charge in [0.05, 0.1) is 41.1 Å². The van der Waals surface area contributed by atoms with Crippen LogP contribution >= 0.6 is 0 Å². The van der Waals surface area contributed by atoms with Crippen molar-refractivity contribution < 1.29 is 27.8 Å². The molecule has 0 amide bonds. The van der Waals surface area contributed by atoms with Crippen LogP contribution in [0, 0.1) is 17.2 Å². The summed E-state index contributed by atoms with van der Waals surface area (Å²) in [7, 11) is 1.79. The Morgan fingerprint density at radius 2 is 1.93 bits per heavy atom. The average Bonchev–Trinajstić information content (AvgIpc) is 3.59. The fourth-order valence-corrected chi connectivity index (χ4v) is 5.59. The van der Waals surface area contributed by atoms with Crippen LogP contribution in [-0.2, 0) is 18.3 Å². The lowest BCUT2D eigenvalue weighted by Gasteiger charge is -2.26. The van der Waals surface area contributed by atoms with Gasteiger partial charge in [0, 0.05) is 49.0 Å². The molecule has 1 aliphatic carbocycles. The SMILES string of the molecule is Cn1c(-c2ccc(C#N)cc2OC(F)(F)F)nc(-c2cccc3nn(CC(O)C4CCOCC4)cc23)c1C1CC1. The molecule has 2 aromatic heterocycles. The molecular weight excluding hydrogens is 523 g/mol. The van der Waals surface area contributed by atoms with E-state index in [2.05, 4.69) is 4.74 Å². The highest BCUT2D eigenvalue weighted by Gasteiger charge is 2.36. The maximum absolute atomic E-state index is 13.3. The first-order valence-electron chi connectivity index (χ1n) is 13.3. The Morgan fingerprint density at radius 1 is 1.15 bits per heavy atom. The van der Waals surface area contributed by atoms with E-state index in [0.717, 1.165) is 53.9 Å². The number of halogens is 3. The number of benzene rings is 2. The molecule has 40 heavy (non-hydrogen) atoms. The van der Waals surface area contributed by atoms with Crippen molar-refractivity contribution in [3.8, 4) is 34.5 Å². The third kappa shape index (κ3) is 5.17. The lowest BCUT2D eigenvalue weighted by atomic mass is 9.94. The minimum absolute atomic E-state index is 0.0555. The molecule has 2 fully saturated rings. The molecule has 6 rings (SSSR count). The van der Waals surface area contributed by atoms with Gasteiger partial charge in [-0.1, -0.05) is 12.1 Å². The van der Waals surface area contributed by atoms with Crippen molar-refractivity contribution in [1.82, 2.24) is 19.3 Å². The summed E-state index contributed by atoms with van der Waals surface area (Å²) in [6.07, 6.45) is -0.0403. The maximum Gasteiger partial charge on any atom is 0.573 e. The summed E-state index contributed by atoms with van der Waals surface area (Å²) in [5.41, 5.74) is 3.37. The van der Waals surface area contributed by atoms with E-state index < -0.39 is 18.2 Å². The first-order chi connectivity index (χ1) is 19.2. The van der Waals surface area contributed by atoms with Gasteiger partial charge in [0.25, 0.3) is 0 Å². The molecule has 0 radical (unpaired) electrons. The minimum atomic E-state index is -4.93. The van der Waals surface area contributed by atoms with E-state index >= 15 is 0 Å². The minimum Gasteiger partial charge on any atom is -0.405 e. The molecule has 3 heterocycles. The topological polar surface area (TPSA) is 98.1 Å². The Hall–Kier alpha value is -3.88. The number of aliphatic hydroxyl groups is 1. The van der Waals surface area contributed by atoms with Crippen molar-refractivity contribution in [3.05, 3.63) is 53.9 Å². The number of aliphatic hydroxyl groups excluding tert-OH is 1. The highest BCUT2D eigenvalue weighted by Crippen LogP contribution is 2.47. The lowest BCUT2D eigenvalue weighted by molar-refractivity contribution is -0.274. The Balaban J connectivity index is 1.42. The average molecular weight is 552 g/mol. The van der Waals surface area contributed by atoms with Gasteiger partial charge >= 0.3 is 6.36 Å². The Morgan fingerprint density at radius 3 is 2.62 bits per heavy atom. The molecule has 1 N–H and O–H groups in total. The maximum atomic E-state index is 13.3. The second-order valence-corrected chi connectivity index (χ2v) is 10.5. The monoisotopic (exact) mass is 551 g/mol. The molecule has 1 unspecified atom stereocenters. The number of aromatic nitrogens is 4. The van der Waals surface area contributed by atoms with Gasteiger partial charge in [-0.2, -0.15) is 10.4 Å². The quantitative estimate of drug-likeness (QED) is 0.324. The molecule has 1 aliphatic heterocycles. The molecule has 8 nitrogen and oxygen atoms in total. The van der Waals surface area contributed by atoms with Gasteiger partial charge in [-0.05, 0) is 55.9 Å². The summed E-state index contributed by atoms with van der Waals surface area (Å²) in [6, 6.07) is 11.6. The molecule has 208 valence electrons. The lowest BCUT2D eigenvalue weighted by Crippen LogP contribution is -2.30. The van der Waals surface area contributed by atoms with E-state index in [4.69, 9.17) is 14.8 Å². The number of nitriles is 1. The summed E-state index contributed by atoms with van der Waals surface area (Å²) < 4.78 is 53.2. The van der Waals surface area contributed by atoms with Crippen LogP contribution in [0.3, 0.4) is 0 Å². The number of hydrogen-bond donors (Lipinski definition) is 1. The molecule has 1 saturated carbocycles. The van der Waals surface area contributed by atoms with Gasteiger partial charge in [0.15, 0.2) is 0 Å². The van der Waals surface area contributed by atoms with Crippen LogP contribution in [0.15, 0.2) is 42.6 Å².